The summed E-state index contributed by atoms with van der Waals surface area (Å²) in [6.45, 7) is 1.87. The lowest BCUT2D eigenvalue weighted by Gasteiger charge is -2.29. The largest absolute Gasteiger partial charge is 0.322 e. The Morgan fingerprint density at radius 2 is 1.67 bits per heavy atom. The number of imide groups is 1. The van der Waals surface area contributed by atoms with Gasteiger partial charge in [0, 0.05) is 25.9 Å². The zero-order chi connectivity index (χ0) is 21.6. The normalized spacial score (nSPS) is 25.9. The van der Waals surface area contributed by atoms with E-state index in [9.17, 15) is 14.4 Å². The van der Waals surface area contributed by atoms with Gasteiger partial charge in [0.1, 0.15) is 0 Å². The molecule has 1 saturated carbocycles. The minimum Gasteiger partial charge on any atom is -0.322 e. The van der Waals surface area contributed by atoms with Gasteiger partial charge in [-0.15, -0.1) is 0 Å². The highest BCUT2D eigenvalue weighted by molar-refractivity contribution is 9.12. The van der Waals surface area contributed by atoms with E-state index in [1.165, 1.54) is 4.90 Å². The zero-order valence-electron chi connectivity index (χ0n) is 16.1. The van der Waals surface area contributed by atoms with Gasteiger partial charge in [-0.1, -0.05) is 55.6 Å². The van der Waals surface area contributed by atoms with Gasteiger partial charge in [-0.05, 0) is 55.7 Å². The first-order valence-electron chi connectivity index (χ1n) is 9.60. The van der Waals surface area contributed by atoms with E-state index < -0.39 is 0 Å². The van der Waals surface area contributed by atoms with Gasteiger partial charge in [0.2, 0.25) is 11.8 Å². The Balaban J connectivity index is 1.59. The van der Waals surface area contributed by atoms with Crippen molar-refractivity contribution in [3.05, 3.63) is 58.6 Å². The van der Waals surface area contributed by atoms with Crippen molar-refractivity contribution in [3.8, 4) is 0 Å². The maximum absolute atomic E-state index is 13.0. The molecule has 0 spiro atoms. The lowest BCUT2D eigenvalue weighted by atomic mass is 9.81. The summed E-state index contributed by atoms with van der Waals surface area (Å²) in [5, 5.41) is 3.37. The summed E-state index contributed by atoms with van der Waals surface area (Å²) in [6, 6.07) is 11.9. The Morgan fingerprint density at radius 1 is 1.03 bits per heavy atom. The molecule has 0 unspecified atom stereocenters. The highest BCUT2D eigenvalue weighted by Gasteiger charge is 2.52. The number of benzene rings is 2. The summed E-state index contributed by atoms with van der Waals surface area (Å²) in [4.78, 5) is 40.3. The fraction of sp³-hybridized carbons (Fsp3) is 0.318. The quantitative estimate of drug-likeness (QED) is 0.412. The van der Waals surface area contributed by atoms with Crippen LogP contribution in [0.3, 0.4) is 0 Å². The summed E-state index contributed by atoms with van der Waals surface area (Å²) < 4.78 is 0. The molecule has 3 amide bonds. The standard InChI is InChI=1S/C22H19Br2ClN2O3/c1-11-5-6-13(25)8-19(11)26-20(28)12-3-2-4-14(7-12)27-21(29)15-9-17(23)18(24)10-16(15)22(27)30/h2-8,15-18H,9-10H2,1H3,(H,26,28)/t15-,16-,17-,18+/m1/s1. The molecule has 4 rings (SSSR count). The summed E-state index contributed by atoms with van der Waals surface area (Å²) >= 11 is 13.2. The van der Waals surface area contributed by atoms with Gasteiger partial charge in [0.15, 0.2) is 0 Å². The average Bonchev–Trinajstić information content (AvgIpc) is 2.95. The molecule has 2 aliphatic rings. The van der Waals surface area contributed by atoms with Gasteiger partial charge in [-0.3, -0.25) is 19.3 Å². The van der Waals surface area contributed by atoms with Gasteiger partial charge in [-0.2, -0.15) is 0 Å². The number of aryl methyl sites for hydroxylation is 1. The molecule has 4 atom stereocenters. The number of fused-ring (bicyclic) bond motifs is 1. The molecule has 0 bridgehead atoms. The summed E-state index contributed by atoms with van der Waals surface area (Å²) in [6.07, 6.45) is 1.21. The highest BCUT2D eigenvalue weighted by Crippen LogP contribution is 2.44. The molecule has 8 heteroatoms. The third-order valence-corrected chi connectivity index (χ3v) is 8.69. The van der Waals surface area contributed by atoms with Crippen LogP contribution in [-0.4, -0.2) is 27.4 Å². The van der Waals surface area contributed by atoms with Crippen LogP contribution in [0.1, 0.15) is 28.8 Å². The first kappa shape index (κ1) is 21.5. The van der Waals surface area contributed by atoms with Crippen molar-refractivity contribution in [1.29, 1.82) is 0 Å². The van der Waals surface area contributed by atoms with Crippen molar-refractivity contribution >= 4 is 72.6 Å². The Kier molecular flexibility index (Phi) is 6.06. The third kappa shape index (κ3) is 3.95. The van der Waals surface area contributed by atoms with Crippen LogP contribution < -0.4 is 10.2 Å². The number of hydrogen-bond acceptors (Lipinski definition) is 3. The molecular formula is C22H19Br2ClN2O3. The van der Waals surface area contributed by atoms with E-state index in [0.717, 1.165) is 5.56 Å². The van der Waals surface area contributed by atoms with Gasteiger partial charge in [0.05, 0.1) is 17.5 Å². The first-order valence-corrected chi connectivity index (χ1v) is 11.8. The lowest BCUT2D eigenvalue weighted by molar-refractivity contribution is -0.122. The van der Waals surface area contributed by atoms with E-state index in [-0.39, 0.29) is 39.2 Å². The topological polar surface area (TPSA) is 66.5 Å². The van der Waals surface area contributed by atoms with Crippen molar-refractivity contribution in [1.82, 2.24) is 0 Å². The Bertz CT molecular complexity index is 1020. The molecule has 5 nitrogen and oxygen atoms in total. The number of nitrogens with one attached hydrogen (secondary N) is 1. The molecule has 1 N–H and O–H groups in total. The van der Waals surface area contributed by atoms with E-state index in [0.29, 0.717) is 34.8 Å². The number of anilines is 2. The molecule has 1 aliphatic carbocycles. The second kappa shape index (κ2) is 8.44. The van der Waals surface area contributed by atoms with E-state index in [4.69, 9.17) is 11.6 Å². The van der Waals surface area contributed by atoms with Crippen LogP contribution >= 0.6 is 43.5 Å². The molecule has 2 fully saturated rings. The van der Waals surface area contributed by atoms with Crippen LogP contribution in [0.25, 0.3) is 0 Å². The van der Waals surface area contributed by atoms with Crippen LogP contribution in [0.5, 0.6) is 0 Å². The Hall–Kier alpha value is -1.70. The number of carbonyl (C=O) groups is 3. The summed E-state index contributed by atoms with van der Waals surface area (Å²) in [7, 11) is 0. The van der Waals surface area contributed by atoms with Crippen LogP contribution in [-0.2, 0) is 9.59 Å². The van der Waals surface area contributed by atoms with E-state index in [1.54, 1.807) is 36.4 Å². The number of hydrogen-bond donors (Lipinski definition) is 1. The predicted molar refractivity (Wildman–Crippen MR) is 125 cm³/mol. The fourth-order valence-corrected chi connectivity index (χ4v) is 5.47. The molecule has 1 aliphatic heterocycles. The lowest BCUT2D eigenvalue weighted by Crippen LogP contribution is -2.34. The number of carbonyl (C=O) groups excluding carboxylic acids is 3. The van der Waals surface area contributed by atoms with Gasteiger partial charge < -0.3 is 5.32 Å². The second-order valence-electron chi connectivity index (χ2n) is 7.69. The molecule has 156 valence electrons. The summed E-state index contributed by atoms with van der Waals surface area (Å²) in [5.41, 5.74) is 2.28. The number of halogens is 3. The predicted octanol–water partition coefficient (Wildman–Crippen LogP) is 5.33. The number of rotatable bonds is 3. The average molecular weight is 555 g/mol. The van der Waals surface area contributed by atoms with Gasteiger partial charge in [-0.25, -0.2) is 0 Å². The molecule has 0 radical (unpaired) electrons. The highest BCUT2D eigenvalue weighted by atomic mass is 79.9. The second-order valence-corrected chi connectivity index (χ2v) is 10.5. The minimum atomic E-state index is -0.334. The van der Waals surface area contributed by atoms with E-state index in [2.05, 4.69) is 37.2 Å². The zero-order valence-corrected chi connectivity index (χ0v) is 20.0. The SMILES string of the molecule is Cc1ccc(Cl)cc1NC(=O)c1cccc(N2C(=O)[C@@H]3C[C@@H](Br)[C@@H](Br)C[C@H]3C2=O)c1. The number of alkyl halides is 2. The van der Waals surface area contributed by atoms with Crippen molar-refractivity contribution < 1.29 is 14.4 Å². The van der Waals surface area contributed by atoms with Crippen LogP contribution in [0.4, 0.5) is 11.4 Å². The summed E-state index contributed by atoms with van der Waals surface area (Å²) in [5.74, 6) is -1.39. The molecule has 2 aromatic rings. The van der Waals surface area contributed by atoms with Gasteiger partial charge >= 0.3 is 0 Å². The number of nitrogens with zero attached hydrogens (tertiary/aromatic N) is 1. The van der Waals surface area contributed by atoms with Crippen molar-refractivity contribution in [2.24, 2.45) is 11.8 Å². The molecule has 0 aromatic heterocycles. The molecule has 1 heterocycles. The van der Waals surface area contributed by atoms with Crippen molar-refractivity contribution in [2.75, 3.05) is 10.2 Å². The van der Waals surface area contributed by atoms with Crippen molar-refractivity contribution in [2.45, 2.75) is 29.4 Å². The van der Waals surface area contributed by atoms with E-state index in [1.807, 2.05) is 13.0 Å². The smallest absolute Gasteiger partial charge is 0.255 e. The molecular weight excluding hydrogens is 536 g/mol. The molecule has 30 heavy (non-hydrogen) atoms. The molecule has 2 aromatic carbocycles. The van der Waals surface area contributed by atoms with Crippen LogP contribution in [0.2, 0.25) is 5.02 Å². The first-order chi connectivity index (χ1) is 14.3. The Labute approximate surface area is 196 Å². The fourth-order valence-electron chi connectivity index (χ4n) is 4.06. The van der Waals surface area contributed by atoms with Crippen LogP contribution in [0.15, 0.2) is 42.5 Å². The maximum atomic E-state index is 13.0. The van der Waals surface area contributed by atoms with E-state index >= 15 is 0 Å². The minimum absolute atomic E-state index is 0.147. The monoisotopic (exact) mass is 552 g/mol. The third-order valence-electron chi connectivity index (χ3n) is 5.73. The maximum Gasteiger partial charge on any atom is 0.255 e. The molecule has 1 saturated heterocycles. The number of amides is 3. The Morgan fingerprint density at radius 3 is 2.30 bits per heavy atom. The van der Waals surface area contributed by atoms with Crippen LogP contribution in [0, 0.1) is 18.8 Å². The van der Waals surface area contributed by atoms with Crippen molar-refractivity contribution in [3.63, 3.8) is 0 Å². The van der Waals surface area contributed by atoms with Gasteiger partial charge in [0.25, 0.3) is 5.91 Å².